The second-order valence-electron chi connectivity index (χ2n) is 7.90. The molecule has 1 saturated carbocycles. The number of hydrogen-bond donors (Lipinski definition) is 0. The smallest absolute Gasteiger partial charge is 0.201 e. The minimum atomic E-state index is -0.721. The normalized spacial score (nSPS) is 55.1. The third kappa shape index (κ3) is 2.24. The van der Waals surface area contributed by atoms with Gasteiger partial charge in [0.25, 0.3) is 0 Å². The van der Waals surface area contributed by atoms with E-state index in [2.05, 4.69) is 20.4 Å². The molecule has 4 aliphatic heterocycles. The van der Waals surface area contributed by atoms with Crippen molar-refractivity contribution >= 4 is 0 Å². The summed E-state index contributed by atoms with van der Waals surface area (Å²) in [5.41, 5.74) is -0.499. The van der Waals surface area contributed by atoms with Gasteiger partial charge < -0.3 is 14.2 Å². The van der Waals surface area contributed by atoms with Crippen molar-refractivity contribution in [3.8, 4) is 0 Å². The highest BCUT2D eigenvalue weighted by Gasteiger charge is 2.69. The van der Waals surface area contributed by atoms with Gasteiger partial charge in [0.15, 0.2) is 18.2 Å². The molecule has 5 heteroatoms. The van der Waals surface area contributed by atoms with Crippen LogP contribution in [0, 0.1) is 23.7 Å². The summed E-state index contributed by atoms with van der Waals surface area (Å²) in [4.78, 5) is 11.9. The zero-order chi connectivity index (χ0) is 16.2. The van der Waals surface area contributed by atoms with Crippen molar-refractivity contribution in [2.45, 2.75) is 70.4 Å². The van der Waals surface area contributed by atoms with E-state index in [4.69, 9.17) is 24.0 Å². The van der Waals surface area contributed by atoms with E-state index >= 15 is 0 Å². The second-order valence-corrected chi connectivity index (χ2v) is 7.90. The average Bonchev–Trinajstić information content (AvgIpc) is 2.76. The van der Waals surface area contributed by atoms with Crippen LogP contribution in [0.5, 0.6) is 0 Å². The lowest BCUT2D eigenvalue weighted by Gasteiger charge is -2.60. The lowest BCUT2D eigenvalue weighted by atomic mass is 9.58. The molecule has 4 heterocycles. The van der Waals surface area contributed by atoms with E-state index in [-0.39, 0.29) is 12.2 Å². The van der Waals surface area contributed by atoms with Gasteiger partial charge in [-0.3, -0.25) is 0 Å². The lowest BCUT2D eigenvalue weighted by molar-refractivity contribution is -0.577. The zero-order valence-electron chi connectivity index (χ0n) is 14.3. The summed E-state index contributed by atoms with van der Waals surface area (Å²) in [6.45, 7) is 10.7. The highest BCUT2D eigenvalue weighted by atomic mass is 17.3. The van der Waals surface area contributed by atoms with Crippen molar-refractivity contribution in [3.05, 3.63) is 12.7 Å². The fourth-order valence-electron chi connectivity index (χ4n) is 5.23. The van der Waals surface area contributed by atoms with Crippen LogP contribution >= 0.6 is 0 Å². The zero-order valence-corrected chi connectivity index (χ0v) is 14.3. The summed E-state index contributed by atoms with van der Waals surface area (Å²) >= 11 is 0. The molecule has 0 aromatic carbocycles. The average molecular weight is 324 g/mol. The van der Waals surface area contributed by atoms with Crippen LogP contribution in [0.25, 0.3) is 0 Å². The van der Waals surface area contributed by atoms with E-state index in [1.807, 2.05) is 6.92 Å². The molecule has 8 atom stereocenters. The lowest BCUT2D eigenvalue weighted by Crippen LogP contribution is -2.70. The first-order valence-corrected chi connectivity index (χ1v) is 8.93. The molecule has 1 aliphatic carbocycles. The third-order valence-corrected chi connectivity index (χ3v) is 6.48. The minimum Gasteiger partial charge on any atom is -0.348 e. The van der Waals surface area contributed by atoms with Crippen molar-refractivity contribution in [2.75, 3.05) is 6.61 Å². The van der Waals surface area contributed by atoms with Crippen LogP contribution in [0.2, 0.25) is 0 Å². The van der Waals surface area contributed by atoms with Crippen LogP contribution in [0.1, 0.15) is 46.5 Å². The van der Waals surface area contributed by atoms with E-state index in [0.29, 0.717) is 24.4 Å². The Hall–Kier alpha value is -0.460. The molecule has 5 fully saturated rings. The quantitative estimate of drug-likeness (QED) is 0.588. The summed E-state index contributed by atoms with van der Waals surface area (Å²) in [5.74, 6) is 0.818. The highest BCUT2D eigenvalue weighted by molar-refractivity contribution is 5.09. The van der Waals surface area contributed by atoms with Crippen LogP contribution in [-0.4, -0.2) is 30.6 Å². The number of hydrogen-bond acceptors (Lipinski definition) is 5. The Kier molecular flexibility index (Phi) is 3.85. The molecule has 4 saturated heterocycles. The van der Waals surface area contributed by atoms with Gasteiger partial charge in [0.2, 0.25) is 5.79 Å². The van der Waals surface area contributed by atoms with Gasteiger partial charge in [0.05, 0.1) is 6.61 Å². The predicted molar refractivity (Wildman–Crippen MR) is 83.0 cm³/mol. The van der Waals surface area contributed by atoms with Gasteiger partial charge >= 0.3 is 0 Å². The molecule has 5 nitrogen and oxygen atoms in total. The maximum Gasteiger partial charge on any atom is 0.201 e. The molecule has 0 aromatic heterocycles. The molecule has 5 rings (SSSR count). The molecule has 0 radical (unpaired) electrons. The largest absolute Gasteiger partial charge is 0.348 e. The summed E-state index contributed by atoms with van der Waals surface area (Å²) in [5, 5.41) is 0. The van der Waals surface area contributed by atoms with E-state index in [1.54, 1.807) is 6.08 Å². The molecule has 2 unspecified atom stereocenters. The predicted octanol–water partition coefficient (Wildman–Crippen LogP) is 3.40. The van der Waals surface area contributed by atoms with Gasteiger partial charge in [0.1, 0.15) is 0 Å². The van der Waals surface area contributed by atoms with Gasteiger partial charge in [-0.25, -0.2) is 9.78 Å². The van der Waals surface area contributed by atoms with Crippen LogP contribution in [0.15, 0.2) is 12.7 Å². The van der Waals surface area contributed by atoms with Gasteiger partial charge in [-0.15, -0.1) is 6.58 Å². The minimum absolute atomic E-state index is 0.232. The Morgan fingerprint density at radius 1 is 1.17 bits per heavy atom. The summed E-state index contributed by atoms with van der Waals surface area (Å²) in [7, 11) is 0. The van der Waals surface area contributed by atoms with Gasteiger partial charge in [0, 0.05) is 18.3 Å². The van der Waals surface area contributed by atoms with E-state index < -0.39 is 17.7 Å². The Bertz CT molecular complexity index is 482. The first-order chi connectivity index (χ1) is 11.0. The fraction of sp³-hybridized carbons (Fsp3) is 0.889. The first kappa shape index (κ1) is 16.0. The third-order valence-electron chi connectivity index (χ3n) is 6.48. The maximum absolute atomic E-state index is 6.26. The van der Waals surface area contributed by atoms with Crippen LogP contribution < -0.4 is 0 Å². The molecule has 5 aliphatic rings. The second kappa shape index (κ2) is 5.53. The van der Waals surface area contributed by atoms with Crippen LogP contribution in [0.3, 0.4) is 0 Å². The summed E-state index contributed by atoms with van der Waals surface area (Å²) < 4.78 is 18.4. The van der Waals surface area contributed by atoms with Crippen LogP contribution in [0.4, 0.5) is 0 Å². The van der Waals surface area contributed by atoms with Gasteiger partial charge in [-0.05, 0) is 38.0 Å². The molecule has 0 amide bonds. The Labute approximate surface area is 138 Å². The molecule has 130 valence electrons. The molecule has 0 N–H and O–H groups in total. The van der Waals surface area contributed by atoms with Crippen molar-refractivity contribution in [3.63, 3.8) is 0 Å². The first-order valence-electron chi connectivity index (χ1n) is 8.93. The van der Waals surface area contributed by atoms with Crippen molar-refractivity contribution in [2.24, 2.45) is 23.7 Å². The Morgan fingerprint density at radius 3 is 2.78 bits per heavy atom. The number of fused-ring (bicyclic) bond motifs is 2. The van der Waals surface area contributed by atoms with E-state index in [0.717, 1.165) is 19.3 Å². The van der Waals surface area contributed by atoms with Crippen LogP contribution in [-0.2, 0) is 24.0 Å². The number of ether oxygens (including phenoxy) is 3. The Balaban J connectivity index is 1.71. The molecule has 23 heavy (non-hydrogen) atoms. The molecular weight excluding hydrogens is 296 g/mol. The molecule has 1 spiro atoms. The molecular formula is C18H28O5. The molecule has 2 bridgehead atoms. The number of rotatable bonds is 3. The monoisotopic (exact) mass is 324 g/mol. The topological polar surface area (TPSA) is 46.2 Å². The maximum atomic E-state index is 6.26. The fourth-order valence-corrected chi connectivity index (χ4v) is 5.23. The van der Waals surface area contributed by atoms with E-state index in [9.17, 15) is 0 Å². The van der Waals surface area contributed by atoms with E-state index in [1.165, 1.54) is 6.42 Å². The van der Waals surface area contributed by atoms with Crippen molar-refractivity contribution in [1.29, 1.82) is 0 Å². The standard InChI is InChI=1S/C18H28O5/c1-5-10-19-15-12(3)14-7-6-11(2)13-8-9-17(4)21-16(20-15)18(13,14)23-22-17/h5,11-16H,1,6-10H2,2-4H3/t11-,12-,13?,14?,15+,16-,17-,18-/m1/s1. The van der Waals surface area contributed by atoms with Gasteiger partial charge in [-0.1, -0.05) is 19.9 Å². The highest BCUT2D eigenvalue weighted by Crippen LogP contribution is 2.60. The van der Waals surface area contributed by atoms with Gasteiger partial charge in [-0.2, -0.15) is 0 Å². The Morgan fingerprint density at radius 2 is 2.00 bits per heavy atom. The SMILES string of the molecule is C=CCO[C@H]1O[C@@H]2O[C@@]3(C)CCC4[C@H](C)CCC([C@H]1C)[C@]42OO3. The van der Waals surface area contributed by atoms with Crippen molar-refractivity contribution in [1.82, 2.24) is 0 Å². The summed E-state index contributed by atoms with van der Waals surface area (Å²) in [6.07, 6.45) is 5.25. The summed E-state index contributed by atoms with van der Waals surface area (Å²) in [6, 6.07) is 0. The van der Waals surface area contributed by atoms with Crippen molar-refractivity contribution < 1.29 is 24.0 Å². The molecule has 0 aromatic rings.